The first kappa shape index (κ1) is 9.86. The van der Waals surface area contributed by atoms with E-state index in [0.717, 1.165) is 11.3 Å². The third kappa shape index (κ3) is 2.22. The van der Waals surface area contributed by atoms with Crippen molar-refractivity contribution in [1.29, 1.82) is 0 Å². The number of rotatable bonds is 3. The zero-order valence-corrected chi connectivity index (χ0v) is 8.07. The smallest absolute Gasteiger partial charge is 0.123 e. The summed E-state index contributed by atoms with van der Waals surface area (Å²) in [6, 6.07) is 6.29. The van der Waals surface area contributed by atoms with Crippen molar-refractivity contribution in [3.63, 3.8) is 0 Å². The molecule has 0 spiro atoms. The first-order chi connectivity index (χ1) is 7.29. The van der Waals surface area contributed by atoms with Crippen LogP contribution >= 0.6 is 0 Å². The second-order valence-electron chi connectivity index (χ2n) is 3.23. The van der Waals surface area contributed by atoms with Gasteiger partial charge < -0.3 is 10.1 Å². The molecule has 4 heteroatoms. The van der Waals surface area contributed by atoms with Crippen molar-refractivity contribution < 1.29 is 9.50 Å². The van der Waals surface area contributed by atoms with Crippen molar-refractivity contribution in [3.8, 4) is 11.3 Å². The average Bonchev–Trinajstić information content (AvgIpc) is 2.67. The van der Waals surface area contributed by atoms with Crippen molar-refractivity contribution in [2.45, 2.75) is 6.42 Å². The Kier molecular flexibility index (Phi) is 2.78. The van der Waals surface area contributed by atoms with Crippen LogP contribution in [0.3, 0.4) is 0 Å². The van der Waals surface area contributed by atoms with E-state index in [1.807, 2.05) is 0 Å². The Bertz CT molecular complexity index is 453. The third-order valence-electron chi connectivity index (χ3n) is 2.11. The van der Waals surface area contributed by atoms with E-state index >= 15 is 0 Å². The Labute approximate surface area is 86.6 Å². The first-order valence-electron chi connectivity index (χ1n) is 4.70. The van der Waals surface area contributed by atoms with Gasteiger partial charge in [-0.05, 0) is 12.1 Å². The van der Waals surface area contributed by atoms with Gasteiger partial charge in [0.25, 0.3) is 0 Å². The highest BCUT2D eigenvalue weighted by atomic mass is 19.1. The lowest BCUT2D eigenvalue weighted by atomic mass is 10.2. The van der Waals surface area contributed by atoms with Crippen LogP contribution in [-0.4, -0.2) is 21.7 Å². The molecule has 1 aromatic carbocycles. The Morgan fingerprint density at radius 1 is 1.40 bits per heavy atom. The molecule has 0 atom stereocenters. The number of imidazole rings is 1. The molecule has 0 saturated carbocycles. The molecular formula is C11H11FN2O. The zero-order valence-electron chi connectivity index (χ0n) is 8.07. The Hall–Kier alpha value is -1.68. The molecule has 0 amide bonds. The van der Waals surface area contributed by atoms with Crippen LogP contribution in [0.2, 0.25) is 0 Å². The molecule has 0 aliphatic rings. The molecule has 78 valence electrons. The van der Waals surface area contributed by atoms with Gasteiger partial charge in [0.1, 0.15) is 11.6 Å². The molecule has 0 aliphatic heterocycles. The lowest BCUT2D eigenvalue weighted by molar-refractivity contribution is 0.297. The van der Waals surface area contributed by atoms with Gasteiger partial charge in [-0.1, -0.05) is 12.1 Å². The number of hydrogen-bond acceptors (Lipinski definition) is 2. The highest BCUT2D eigenvalue weighted by Crippen LogP contribution is 2.17. The standard InChI is InChI=1S/C11H11FN2O/c12-9-3-1-2-8(6-9)10-7-13-11(14-10)4-5-15/h1-3,6-7,15H,4-5H2,(H,13,14). The number of aliphatic hydroxyl groups excluding tert-OH is 1. The van der Waals surface area contributed by atoms with E-state index in [4.69, 9.17) is 5.11 Å². The molecule has 2 rings (SSSR count). The Morgan fingerprint density at radius 3 is 3.00 bits per heavy atom. The second kappa shape index (κ2) is 4.23. The molecule has 2 N–H and O–H groups in total. The summed E-state index contributed by atoms with van der Waals surface area (Å²) in [6.07, 6.45) is 2.12. The summed E-state index contributed by atoms with van der Waals surface area (Å²) in [6.45, 7) is 0.0517. The number of aromatic amines is 1. The minimum Gasteiger partial charge on any atom is -0.396 e. The molecule has 0 saturated heterocycles. The fourth-order valence-corrected chi connectivity index (χ4v) is 1.40. The van der Waals surface area contributed by atoms with Crippen LogP contribution in [0.5, 0.6) is 0 Å². The van der Waals surface area contributed by atoms with Crippen LogP contribution in [0, 0.1) is 5.82 Å². The molecular weight excluding hydrogens is 195 g/mol. The Balaban J connectivity index is 2.29. The van der Waals surface area contributed by atoms with Gasteiger partial charge in [-0.25, -0.2) is 9.37 Å². The fraction of sp³-hybridized carbons (Fsp3) is 0.182. The zero-order chi connectivity index (χ0) is 10.7. The average molecular weight is 206 g/mol. The molecule has 3 nitrogen and oxygen atoms in total. The SMILES string of the molecule is OCCc1ncc(-c2cccc(F)c2)[nH]1. The number of aromatic nitrogens is 2. The summed E-state index contributed by atoms with van der Waals surface area (Å²) < 4.78 is 12.9. The van der Waals surface area contributed by atoms with Gasteiger partial charge in [0.05, 0.1) is 18.5 Å². The maximum absolute atomic E-state index is 12.9. The first-order valence-corrected chi connectivity index (χ1v) is 4.70. The lowest BCUT2D eigenvalue weighted by Gasteiger charge is -1.96. The molecule has 2 aromatic rings. The van der Waals surface area contributed by atoms with Gasteiger partial charge in [0, 0.05) is 12.0 Å². The summed E-state index contributed by atoms with van der Waals surface area (Å²) in [4.78, 5) is 7.09. The molecule has 1 heterocycles. The number of hydrogen-bond donors (Lipinski definition) is 2. The van der Waals surface area contributed by atoms with E-state index in [2.05, 4.69) is 9.97 Å². The van der Waals surface area contributed by atoms with Crippen LogP contribution in [0.1, 0.15) is 5.82 Å². The van der Waals surface area contributed by atoms with E-state index in [0.29, 0.717) is 12.2 Å². The summed E-state index contributed by atoms with van der Waals surface area (Å²) in [7, 11) is 0. The normalized spacial score (nSPS) is 10.5. The molecule has 0 fully saturated rings. The number of aliphatic hydroxyl groups is 1. The van der Waals surface area contributed by atoms with Gasteiger partial charge in [-0.3, -0.25) is 0 Å². The van der Waals surface area contributed by atoms with E-state index in [9.17, 15) is 4.39 Å². The highest BCUT2D eigenvalue weighted by molar-refractivity contribution is 5.58. The van der Waals surface area contributed by atoms with Crippen LogP contribution in [0.4, 0.5) is 4.39 Å². The number of halogens is 1. The summed E-state index contributed by atoms with van der Waals surface area (Å²) in [5.41, 5.74) is 1.52. The number of nitrogens with zero attached hydrogens (tertiary/aromatic N) is 1. The number of H-pyrrole nitrogens is 1. The van der Waals surface area contributed by atoms with Gasteiger partial charge in [-0.2, -0.15) is 0 Å². The van der Waals surface area contributed by atoms with Gasteiger partial charge in [0.2, 0.25) is 0 Å². The second-order valence-corrected chi connectivity index (χ2v) is 3.23. The van der Waals surface area contributed by atoms with Gasteiger partial charge >= 0.3 is 0 Å². The van der Waals surface area contributed by atoms with Crippen LogP contribution in [0.25, 0.3) is 11.3 Å². The van der Waals surface area contributed by atoms with E-state index in [-0.39, 0.29) is 12.4 Å². The summed E-state index contributed by atoms with van der Waals surface area (Å²) in [5, 5.41) is 8.72. The topological polar surface area (TPSA) is 48.9 Å². The largest absolute Gasteiger partial charge is 0.396 e. The number of benzene rings is 1. The maximum Gasteiger partial charge on any atom is 0.123 e. The molecule has 0 aliphatic carbocycles. The van der Waals surface area contributed by atoms with Crippen molar-refractivity contribution in [1.82, 2.24) is 9.97 Å². The minimum atomic E-state index is -0.272. The lowest BCUT2D eigenvalue weighted by Crippen LogP contribution is -1.92. The fourth-order valence-electron chi connectivity index (χ4n) is 1.40. The van der Waals surface area contributed by atoms with E-state index in [1.54, 1.807) is 18.3 Å². The highest BCUT2D eigenvalue weighted by Gasteiger charge is 2.03. The molecule has 15 heavy (non-hydrogen) atoms. The third-order valence-corrected chi connectivity index (χ3v) is 2.11. The molecule has 0 radical (unpaired) electrons. The van der Waals surface area contributed by atoms with Crippen molar-refractivity contribution in [2.24, 2.45) is 0 Å². The quantitative estimate of drug-likeness (QED) is 0.803. The predicted octanol–water partition coefficient (Wildman–Crippen LogP) is 1.75. The molecule has 0 unspecified atom stereocenters. The van der Waals surface area contributed by atoms with E-state index < -0.39 is 0 Å². The van der Waals surface area contributed by atoms with Crippen LogP contribution in [0.15, 0.2) is 30.5 Å². The minimum absolute atomic E-state index is 0.0517. The van der Waals surface area contributed by atoms with E-state index in [1.165, 1.54) is 12.1 Å². The summed E-state index contributed by atoms with van der Waals surface area (Å²) >= 11 is 0. The Morgan fingerprint density at radius 2 is 2.27 bits per heavy atom. The number of nitrogens with one attached hydrogen (secondary N) is 1. The monoisotopic (exact) mass is 206 g/mol. The van der Waals surface area contributed by atoms with Gasteiger partial charge in [0.15, 0.2) is 0 Å². The van der Waals surface area contributed by atoms with Crippen molar-refractivity contribution >= 4 is 0 Å². The van der Waals surface area contributed by atoms with Crippen molar-refractivity contribution in [3.05, 3.63) is 42.1 Å². The molecule has 1 aromatic heterocycles. The predicted molar refractivity (Wildman–Crippen MR) is 54.8 cm³/mol. The van der Waals surface area contributed by atoms with Crippen molar-refractivity contribution in [2.75, 3.05) is 6.61 Å². The van der Waals surface area contributed by atoms with Crippen LogP contribution < -0.4 is 0 Å². The summed E-state index contributed by atoms with van der Waals surface area (Å²) in [5.74, 6) is 0.433. The van der Waals surface area contributed by atoms with Crippen LogP contribution in [-0.2, 0) is 6.42 Å². The van der Waals surface area contributed by atoms with Gasteiger partial charge in [-0.15, -0.1) is 0 Å². The maximum atomic E-state index is 12.9. The molecule has 0 bridgehead atoms.